The lowest BCUT2D eigenvalue weighted by Crippen LogP contribution is -2.77. The number of ether oxygens (including phenoxy) is 5. The minimum absolute atomic E-state index is 0.0165. The van der Waals surface area contributed by atoms with E-state index in [4.69, 9.17) is 23.7 Å². The van der Waals surface area contributed by atoms with Crippen LogP contribution in [0.4, 0.5) is 4.39 Å². The zero-order valence-electron chi connectivity index (χ0n) is 25.1. The normalized spacial score (nSPS) is 50.1. The van der Waals surface area contributed by atoms with Gasteiger partial charge in [0.05, 0.1) is 36.1 Å². The topological polar surface area (TPSA) is 107 Å². The van der Waals surface area contributed by atoms with Gasteiger partial charge in [-0.05, 0) is 56.0 Å². The molecule has 0 unspecified atom stereocenters. The second kappa shape index (κ2) is 9.67. The molecule has 0 aromatic heterocycles. The minimum Gasteiger partial charge on any atom is -0.455 e. The van der Waals surface area contributed by atoms with Crippen LogP contribution in [0.3, 0.4) is 0 Å². The first-order valence-electron chi connectivity index (χ1n) is 15.3. The SMILES string of the molecule is CCN1C[C@]2(COC)CC[C@H](OC)[C@@]34[C@@H]5C[C@@]6(O)[C@@H](OC)C[C@@](O)([C@H]5[C@H]6OC(=O)c5ccc(F)cc5)[C@@H]([C@H](OC)[C@H]23)[C@@H]14. The van der Waals surface area contributed by atoms with Gasteiger partial charge < -0.3 is 33.9 Å². The molecule has 7 bridgehead atoms. The number of rotatable bonds is 8. The number of methoxy groups -OCH3 is 4. The molecule has 1 aliphatic heterocycles. The van der Waals surface area contributed by atoms with Crippen LogP contribution in [0, 0.1) is 40.3 Å². The smallest absolute Gasteiger partial charge is 0.338 e. The van der Waals surface area contributed by atoms with Crippen LogP contribution in [0.25, 0.3) is 0 Å². The fourth-order valence-electron chi connectivity index (χ4n) is 11.9. The number of hydrogen-bond acceptors (Lipinski definition) is 9. The Labute approximate surface area is 246 Å². The number of halogens is 1. The molecule has 1 heterocycles. The summed E-state index contributed by atoms with van der Waals surface area (Å²) in [6.07, 6.45) is 0.0526. The number of nitrogens with zero attached hydrogens (tertiary/aromatic N) is 1. The molecule has 42 heavy (non-hydrogen) atoms. The predicted molar refractivity (Wildman–Crippen MR) is 148 cm³/mol. The molecule has 7 rings (SSSR count). The van der Waals surface area contributed by atoms with Crippen molar-refractivity contribution in [3.63, 3.8) is 0 Å². The van der Waals surface area contributed by atoms with Crippen molar-refractivity contribution < 1.29 is 43.1 Å². The molecule has 6 fully saturated rings. The van der Waals surface area contributed by atoms with Crippen LogP contribution in [0.5, 0.6) is 0 Å². The van der Waals surface area contributed by atoms with Gasteiger partial charge in [-0.2, -0.15) is 0 Å². The molecular weight excluding hydrogens is 545 g/mol. The number of fused-ring (bicyclic) bond motifs is 2. The quantitative estimate of drug-likeness (QED) is 0.442. The number of carbonyl (C=O) groups excluding carboxylic acids is 1. The number of benzene rings is 1. The maximum absolute atomic E-state index is 13.6. The van der Waals surface area contributed by atoms with Gasteiger partial charge in [-0.1, -0.05) is 6.92 Å². The molecular formula is C32H44FNO8. The summed E-state index contributed by atoms with van der Waals surface area (Å²) in [5.74, 6) is -2.22. The van der Waals surface area contributed by atoms with Gasteiger partial charge in [0.1, 0.15) is 17.5 Å². The van der Waals surface area contributed by atoms with Crippen molar-refractivity contribution in [3.8, 4) is 0 Å². The molecule has 5 saturated carbocycles. The Hall–Kier alpha value is -1.66. The minimum atomic E-state index is -1.52. The zero-order chi connectivity index (χ0) is 29.8. The van der Waals surface area contributed by atoms with E-state index in [1.165, 1.54) is 31.4 Å². The van der Waals surface area contributed by atoms with Crippen LogP contribution in [-0.4, -0.2) is 111 Å². The van der Waals surface area contributed by atoms with E-state index < -0.39 is 46.5 Å². The molecule has 10 heteroatoms. The van der Waals surface area contributed by atoms with E-state index in [9.17, 15) is 19.4 Å². The first-order valence-corrected chi connectivity index (χ1v) is 15.3. The van der Waals surface area contributed by atoms with Crippen LogP contribution in [0.2, 0.25) is 0 Å². The molecule has 1 saturated heterocycles. The largest absolute Gasteiger partial charge is 0.455 e. The standard InChI is InChI=1S/C32H44FNO8/c1-6-34-15-29(16-38-2)12-11-20(39-3)32-19-13-30(36)21(40-4)14-31(37,23(26(32)34)24(41-5)25(29)32)22(19)27(30)42-28(35)17-7-9-18(33)10-8-17/h7-10,19-27,36-37H,6,11-16H2,1-5H3/t19-,20+,21+,22-,23+,24+,25-,26-,27-,29+,30-,31-,32+/m1/s1. The molecule has 0 amide bonds. The van der Waals surface area contributed by atoms with Crippen LogP contribution < -0.4 is 0 Å². The average Bonchev–Trinajstić information content (AvgIpc) is 3.36. The number of hydrogen-bond donors (Lipinski definition) is 2. The molecule has 1 spiro atoms. The summed E-state index contributed by atoms with van der Waals surface area (Å²) >= 11 is 0. The third kappa shape index (κ3) is 3.30. The van der Waals surface area contributed by atoms with Gasteiger partial charge in [-0.3, -0.25) is 4.90 Å². The lowest BCUT2D eigenvalue weighted by atomic mass is 9.43. The summed E-state index contributed by atoms with van der Waals surface area (Å²) in [7, 11) is 6.80. The summed E-state index contributed by atoms with van der Waals surface area (Å²) in [4.78, 5) is 16.0. The maximum Gasteiger partial charge on any atom is 0.338 e. The van der Waals surface area contributed by atoms with E-state index in [1.807, 2.05) is 0 Å². The molecule has 232 valence electrons. The number of piperidine rings is 1. The molecule has 6 aliphatic rings. The maximum atomic E-state index is 13.6. The fourth-order valence-corrected chi connectivity index (χ4v) is 11.9. The Balaban J connectivity index is 1.43. The predicted octanol–water partition coefficient (Wildman–Crippen LogP) is 2.27. The Kier molecular flexibility index (Phi) is 6.69. The monoisotopic (exact) mass is 589 g/mol. The lowest BCUT2D eigenvalue weighted by molar-refractivity contribution is -0.283. The Morgan fingerprint density at radius 1 is 1.00 bits per heavy atom. The molecule has 9 nitrogen and oxygen atoms in total. The van der Waals surface area contributed by atoms with Gasteiger partial charge in [0.25, 0.3) is 0 Å². The van der Waals surface area contributed by atoms with E-state index in [2.05, 4.69) is 11.8 Å². The van der Waals surface area contributed by atoms with Crippen molar-refractivity contribution in [1.29, 1.82) is 0 Å². The van der Waals surface area contributed by atoms with E-state index >= 15 is 0 Å². The van der Waals surface area contributed by atoms with Crippen molar-refractivity contribution in [2.75, 3.05) is 48.1 Å². The fraction of sp³-hybridized carbons (Fsp3) is 0.781. The molecule has 1 aromatic rings. The first kappa shape index (κ1) is 29.1. The van der Waals surface area contributed by atoms with E-state index in [0.29, 0.717) is 13.0 Å². The second-order valence-electron chi connectivity index (χ2n) is 13.9. The number of esters is 1. The Bertz CT molecular complexity index is 1230. The number of carbonyl (C=O) groups is 1. The average molecular weight is 590 g/mol. The summed E-state index contributed by atoms with van der Waals surface area (Å²) in [6.45, 7) is 4.37. The van der Waals surface area contributed by atoms with Gasteiger partial charge in [-0.25, -0.2) is 9.18 Å². The van der Waals surface area contributed by atoms with Gasteiger partial charge in [-0.15, -0.1) is 0 Å². The molecule has 0 radical (unpaired) electrons. The lowest BCUT2D eigenvalue weighted by Gasteiger charge is -2.69. The van der Waals surface area contributed by atoms with Crippen molar-refractivity contribution in [2.45, 2.75) is 74.3 Å². The second-order valence-corrected chi connectivity index (χ2v) is 13.9. The Morgan fingerprint density at radius 2 is 1.71 bits per heavy atom. The highest BCUT2D eigenvalue weighted by atomic mass is 19.1. The van der Waals surface area contributed by atoms with Crippen LogP contribution >= 0.6 is 0 Å². The molecule has 2 N–H and O–H groups in total. The number of aliphatic hydroxyl groups is 2. The summed E-state index contributed by atoms with van der Waals surface area (Å²) in [5, 5.41) is 25.6. The van der Waals surface area contributed by atoms with Crippen LogP contribution in [0.15, 0.2) is 24.3 Å². The van der Waals surface area contributed by atoms with Crippen LogP contribution in [-0.2, 0) is 23.7 Å². The highest BCUT2D eigenvalue weighted by Gasteiger charge is 2.88. The van der Waals surface area contributed by atoms with Crippen molar-refractivity contribution in [2.24, 2.45) is 34.5 Å². The molecule has 1 aromatic carbocycles. The summed E-state index contributed by atoms with van der Waals surface area (Å²) < 4.78 is 44.6. The van der Waals surface area contributed by atoms with Crippen molar-refractivity contribution in [3.05, 3.63) is 35.6 Å². The van der Waals surface area contributed by atoms with Gasteiger partial charge in [0.2, 0.25) is 0 Å². The van der Waals surface area contributed by atoms with Gasteiger partial charge in [0, 0.05) is 76.0 Å². The third-order valence-corrected chi connectivity index (χ3v) is 12.8. The van der Waals surface area contributed by atoms with E-state index in [1.54, 1.807) is 21.3 Å². The van der Waals surface area contributed by atoms with Crippen molar-refractivity contribution >= 4 is 5.97 Å². The summed E-state index contributed by atoms with van der Waals surface area (Å²) in [5.41, 5.74) is -3.37. The third-order valence-electron chi connectivity index (χ3n) is 12.8. The summed E-state index contributed by atoms with van der Waals surface area (Å²) in [6, 6.07) is 5.13. The van der Waals surface area contributed by atoms with Gasteiger partial charge in [0.15, 0.2) is 0 Å². The van der Waals surface area contributed by atoms with E-state index in [-0.39, 0.29) is 53.4 Å². The highest BCUT2D eigenvalue weighted by molar-refractivity contribution is 5.89. The first-order chi connectivity index (χ1) is 20.1. The molecule has 13 atom stereocenters. The van der Waals surface area contributed by atoms with Gasteiger partial charge >= 0.3 is 5.97 Å². The van der Waals surface area contributed by atoms with Crippen molar-refractivity contribution in [1.82, 2.24) is 4.90 Å². The van der Waals surface area contributed by atoms with E-state index in [0.717, 1.165) is 25.9 Å². The molecule has 5 aliphatic carbocycles. The highest BCUT2D eigenvalue weighted by Crippen LogP contribution is 2.80. The number of likely N-dealkylation sites (tertiary alicyclic amines) is 1. The zero-order valence-corrected chi connectivity index (χ0v) is 25.1. The van der Waals surface area contributed by atoms with Crippen LogP contribution in [0.1, 0.15) is 43.0 Å². The Morgan fingerprint density at radius 3 is 2.33 bits per heavy atom.